The van der Waals surface area contributed by atoms with Gasteiger partial charge in [-0.05, 0) is 25.5 Å². The summed E-state index contributed by atoms with van der Waals surface area (Å²) in [6, 6.07) is 3.19. The molecule has 1 amide bonds. The first-order valence-corrected chi connectivity index (χ1v) is 5.24. The maximum absolute atomic E-state index is 11.9. The highest BCUT2D eigenvalue weighted by molar-refractivity contribution is 5.99. The minimum atomic E-state index is -0.866. The molecule has 6 nitrogen and oxygen atoms in total. The number of aromatic nitrogens is 1. The third-order valence-electron chi connectivity index (χ3n) is 2.71. The fourth-order valence-electron chi connectivity index (χ4n) is 1.27. The van der Waals surface area contributed by atoms with Gasteiger partial charge in [0.05, 0.1) is 5.54 Å². The molecule has 1 aromatic rings. The van der Waals surface area contributed by atoms with E-state index in [4.69, 9.17) is 10.9 Å². The summed E-state index contributed by atoms with van der Waals surface area (Å²) in [4.78, 5) is 15.7. The highest BCUT2D eigenvalue weighted by atomic mass is 16.4. The third kappa shape index (κ3) is 2.93. The zero-order valence-corrected chi connectivity index (χ0v) is 9.84. The van der Waals surface area contributed by atoms with Gasteiger partial charge in [0.1, 0.15) is 0 Å². The number of carbonyl (C=O) groups excluding carboxylic acids is 1. The number of amides is 1. The van der Waals surface area contributed by atoms with Crippen LogP contribution in [0.1, 0.15) is 30.6 Å². The van der Waals surface area contributed by atoms with Crippen LogP contribution in [0.4, 0.5) is 0 Å². The lowest BCUT2D eigenvalue weighted by molar-refractivity contribution is 0.0925. The summed E-state index contributed by atoms with van der Waals surface area (Å²) >= 11 is 0. The number of carbonyl (C=O) groups is 1. The van der Waals surface area contributed by atoms with Gasteiger partial charge in [0.2, 0.25) is 0 Å². The van der Waals surface area contributed by atoms with E-state index in [0.29, 0.717) is 12.0 Å². The summed E-state index contributed by atoms with van der Waals surface area (Å²) in [7, 11) is 0. The summed E-state index contributed by atoms with van der Waals surface area (Å²) in [5.41, 5.74) is 5.17. The SMILES string of the molecule is CCC(C)(NC(=O)c1ccncc1)/C(N)=N/O. The third-order valence-corrected chi connectivity index (χ3v) is 2.71. The Hall–Kier alpha value is -2.11. The van der Waals surface area contributed by atoms with Crippen LogP contribution >= 0.6 is 0 Å². The lowest BCUT2D eigenvalue weighted by Crippen LogP contribution is -2.55. The molecule has 0 spiro atoms. The van der Waals surface area contributed by atoms with Crippen molar-refractivity contribution in [2.24, 2.45) is 10.9 Å². The minimum Gasteiger partial charge on any atom is -0.409 e. The summed E-state index contributed by atoms with van der Waals surface area (Å²) < 4.78 is 0. The molecule has 1 rings (SSSR count). The number of rotatable bonds is 4. The van der Waals surface area contributed by atoms with Gasteiger partial charge in [0.25, 0.3) is 5.91 Å². The Balaban J connectivity index is 2.87. The molecule has 0 saturated carbocycles. The number of nitrogens with two attached hydrogens (primary N) is 1. The zero-order chi connectivity index (χ0) is 12.9. The highest BCUT2D eigenvalue weighted by Gasteiger charge is 2.29. The van der Waals surface area contributed by atoms with Crippen molar-refractivity contribution in [3.63, 3.8) is 0 Å². The smallest absolute Gasteiger partial charge is 0.252 e. The molecule has 1 unspecified atom stereocenters. The monoisotopic (exact) mass is 236 g/mol. The van der Waals surface area contributed by atoms with Crippen molar-refractivity contribution in [1.82, 2.24) is 10.3 Å². The highest BCUT2D eigenvalue weighted by Crippen LogP contribution is 2.11. The topological polar surface area (TPSA) is 101 Å². The van der Waals surface area contributed by atoms with Gasteiger partial charge >= 0.3 is 0 Å². The summed E-state index contributed by atoms with van der Waals surface area (Å²) in [6.07, 6.45) is 3.57. The predicted molar refractivity (Wildman–Crippen MR) is 63.8 cm³/mol. The second-order valence-electron chi connectivity index (χ2n) is 3.86. The first-order chi connectivity index (χ1) is 8.03. The van der Waals surface area contributed by atoms with Crippen LogP contribution in [-0.2, 0) is 0 Å². The first-order valence-electron chi connectivity index (χ1n) is 5.24. The van der Waals surface area contributed by atoms with E-state index in [1.54, 1.807) is 19.1 Å². The van der Waals surface area contributed by atoms with Crippen molar-refractivity contribution in [2.45, 2.75) is 25.8 Å². The van der Waals surface area contributed by atoms with Crippen molar-refractivity contribution in [2.75, 3.05) is 0 Å². The molecule has 6 heteroatoms. The first kappa shape index (κ1) is 13.0. The van der Waals surface area contributed by atoms with Crippen molar-refractivity contribution in [3.8, 4) is 0 Å². The second kappa shape index (κ2) is 5.29. The largest absolute Gasteiger partial charge is 0.409 e. The van der Waals surface area contributed by atoms with Gasteiger partial charge in [0, 0.05) is 18.0 Å². The summed E-state index contributed by atoms with van der Waals surface area (Å²) in [6.45, 7) is 3.53. The minimum absolute atomic E-state index is 0.0255. The van der Waals surface area contributed by atoms with Gasteiger partial charge < -0.3 is 16.3 Å². The predicted octanol–water partition coefficient (Wildman–Crippen LogP) is 0.726. The van der Waals surface area contributed by atoms with E-state index in [0.717, 1.165) is 0 Å². The second-order valence-corrected chi connectivity index (χ2v) is 3.86. The number of nitrogens with zero attached hydrogens (tertiary/aromatic N) is 2. The molecule has 17 heavy (non-hydrogen) atoms. The molecular formula is C11H16N4O2. The average molecular weight is 236 g/mol. The van der Waals surface area contributed by atoms with Crippen molar-refractivity contribution < 1.29 is 10.0 Å². The number of nitrogens with one attached hydrogen (secondary N) is 1. The van der Waals surface area contributed by atoms with Crippen LogP contribution in [-0.4, -0.2) is 27.5 Å². The van der Waals surface area contributed by atoms with Crippen molar-refractivity contribution in [1.29, 1.82) is 0 Å². The quantitative estimate of drug-likeness (QED) is 0.310. The summed E-state index contributed by atoms with van der Waals surface area (Å²) in [5.74, 6) is -0.314. The number of oxime groups is 1. The van der Waals surface area contributed by atoms with Gasteiger partial charge in [-0.15, -0.1) is 0 Å². The number of hydrogen-bond acceptors (Lipinski definition) is 4. The Kier molecular flexibility index (Phi) is 4.03. The molecule has 0 aromatic carbocycles. The van der Waals surface area contributed by atoms with E-state index in [9.17, 15) is 4.79 Å². The molecule has 0 aliphatic rings. The molecule has 0 radical (unpaired) electrons. The molecule has 1 aromatic heterocycles. The fourth-order valence-corrected chi connectivity index (χ4v) is 1.27. The molecule has 0 bridgehead atoms. The molecule has 1 heterocycles. The van der Waals surface area contributed by atoms with Crippen LogP contribution in [0.25, 0.3) is 0 Å². The van der Waals surface area contributed by atoms with Crippen LogP contribution in [0.2, 0.25) is 0 Å². The Morgan fingerprint density at radius 3 is 2.65 bits per heavy atom. The van der Waals surface area contributed by atoms with Crippen LogP contribution in [0.5, 0.6) is 0 Å². The fraction of sp³-hybridized carbons (Fsp3) is 0.364. The van der Waals surface area contributed by atoms with E-state index >= 15 is 0 Å². The maximum atomic E-state index is 11.9. The lowest BCUT2D eigenvalue weighted by atomic mass is 9.97. The Labute approximate surface area is 99.5 Å². The van der Waals surface area contributed by atoms with E-state index in [1.165, 1.54) is 12.4 Å². The van der Waals surface area contributed by atoms with E-state index < -0.39 is 5.54 Å². The standard InChI is InChI=1S/C11H16N4O2/c1-3-11(2,10(12)15-17)14-9(16)8-4-6-13-7-5-8/h4-7,17H,3H2,1-2H3,(H2,12,15)(H,14,16). The molecule has 0 aliphatic heterocycles. The van der Waals surface area contributed by atoms with E-state index in [-0.39, 0.29) is 11.7 Å². The van der Waals surface area contributed by atoms with Gasteiger partial charge in [-0.1, -0.05) is 12.1 Å². The molecule has 4 N–H and O–H groups in total. The lowest BCUT2D eigenvalue weighted by Gasteiger charge is -2.27. The molecule has 0 saturated heterocycles. The maximum Gasteiger partial charge on any atom is 0.252 e. The molecule has 92 valence electrons. The van der Waals surface area contributed by atoms with Gasteiger partial charge in [-0.2, -0.15) is 0 Å². The van der Waals surface area contributed by atoms with E-state index in [1.807, 2.05) is 6.92 Å². The number of hydrogen-bond donors (Lipinski definition) is 3. The van der Waals surface area contributed by atoms with Gasteiger partial charge in [0.15, 0.2) is 5.84 Å². The summed E-state index contributed by atoms with van der Waals surface area (Å²) in [5, 5.41) is 14.4. The van der Waals surface area contributed by atoms with Crippen LogP contribution < -0.4 is 11.1 Å². The average Bonchev–Trinajstić information content (AvgIpc) is 2.38. The molecule has 0 aliphatic carbocycles. The van der Waals surface area contributed by atoms with Crippen molar-refractivity contribution in [3.05, 3.63) is 30.1 Å². The number of amidine groups is 1. The van der Waals surface area contributed by atoms with Crippen LogP contribution in [0.15, 0.2) is 29.7 Å². The Bertz CT molecular complexity index is 419. The van der Waals surface area contributed by atoms with Gasteiger partial charge in [-0.3, -0.25) is 9.78 Å². The molecule has 1 atom stereocenters. The molecular weight excluding hydrogens is 220 g/mol. The normalized spacial score (nSPS) is 15.1. The van der Waals surface area contributed by atoms with Crippen LogP contribution in [0.3, 0.4) is 0 Å². The molecule has 0 fully saturated rings. The van der Waals surface area contributed by atoms with Gasteiger partial charge in [-0.25, -0.2) is 0 Å². The van der Waals surface area contributed by atoms with Crippen molar-refractivity contribution >= 4 is 11.7 Å². The zero-order valence-electron chi connectivity index (χ0n) is 9.84. The Morgan fingerprint density at radius 2 is 2.18 bits per heavy atom. The van der Waals surface area contributed by atoms with E-state index in [2.05, 4.69) is 15.5 Å². The Morgan fingerprint density at radius 1 is 1.59 bits per heavy atom. The number of pyridine rings is 1. The van der Waals surface area contributed by atoms with Crippen LogP contribution in [0, 0.1) is 0 Å².